The highest BCUT2D eigenvalue weighted by Gasteiger charge is 2.16. The average molecular weight is 464 g/mol. The van der Waals surface area contributed by atoms with E-state index in [1.165, 1.54) is 114 Å². The summed E-state index contributed by atoms with van der Waals surface area (Å²) in [4.78, 5) is 0. The van der Waals surface area contributed by atoms with Crippen molar-refractivity contribution in [3.05, 3.63) is 0 Å². The summed E-state index contributed by atoms with van der Waals surface area (Å²) in [5.41, 5.74) is 0. The van der Waals surface area contributed by atoms with E-state index in [1.54, 1.807) is 0 Å². The van der Waals surface area contributed by atoms with Crippen LogP contribution in [-0.4, -0.2) is 49.4 Å². The van der Waals surface area contributed by atoms with Gasteiger partial charge in [-0.25, -0.2) is 8.42 Å². The third-order valence-electron chi connectivity index (χ3n) is 6.93. The van der Waals surface area contributed by atoms with Gasteiger partial charge in [0.15, 0.2) is 0 Å². The second-order valence-electron chi connectivity index (χ2n) is 9.17. The highest BCUT2D eigenvalue weighted by molar-refractivity contribution is 7.85. The standard InChI is InChI=1S/C18H38O3S.C8H20N/c1-2-3-4-5-6-7-8-9-10-11-12-13-14-15-16-17-18-22(19,20)21;1-5-9(6-2,7-3)8-4/h2-18H2,1H3,(H,19,20,21);5-8H2,1-4H3/q;+1/p-1. The molecule has 5 heteroatoms. The number of rotatable bonds is 21. The van der Waals surface area contributed by atoms with E-state index in [4.69, 9.17) is 0 Å². The van der Waals surface area contributed by atoms with Crippen molar-refractivity contribution in [1.82, 2.24) is 0 Å². The largest absolute Gasteiger partial charge is 0.748 e. The van der Waals surface area contributed by atoms with Crippen molar-refractivity contribution >= 4 is 10.1 Å². The minimum atomic E-state index is -3.99. The van der Waals surface area contributed by atoms with E-state index in [2.05, 4.69) is 34.6 Å². The van der Waals surface area contributed by atoms with Crippen LogP contribution in [0, 0.1) is 0 Å². The molecule has 0 unspecified atom stereocenters. The van der Waals surface area contributed by atoms with E-state index >= 15 is 0 Å². The zero-order valence-electron chi connectivity index (χ0n) is 21.9. The molecule has 0 aromatic carbocycles. The Balaban J connectivity index is 0. The molecule has 0 aliphatic heterocycles. The topological polar surface area (TPSA) is 57.2 Å². The van der Waals surface area contributed by atoms with Crippen molar-refractivity contribution in [3.63, 3.8) is 0 Å². The van der Waals surface area contributed by atoms with Gasteiger partial charge in [0, 0.05) is 5.75 Å². The molecule has 0 radical (unpaired) electrons. The molecule has 0 heterocycles. The molecule has 190 valence electrons. The Kier molecular flexibility index (Phi) is 24.6. The SMILES string of the molecule is CCCCCCCCCCCCCCCCCCS(=O)(=O)[O-].CC[N+](CC)(CC)CC. The number of quaternary nitrogens is 1. The van der Waals surface area contributed by atoms with E-state index in [1.807, 2.05) is 0 Å². The number of hydrogen-bond donors (Lipinski definition) is 0. The third kappa shape index (κ3) is 24.3. The van der Waals surface area contributed by atoms with Gasteiger partial charge in [0.2, 0.25) is 0 Å². The van der Waals surface area contributed by atoms with Gasteiger partial charge in [-0.1, -0.05) is 103 Å². The highest BCUT2D eigenvalue weighted by atomic mass is 32.2. The molecule has 0 bridgehead atoms. The Hall–Kier alpha value is -0.130. The van der Waals surface area contributed by atoms with Gasteiger partial charge in [-0.05, 0) is 34.1 Å². The predicted molar refractivity (Wildman–Crippen MR) is 137 cm³/mol. The second kappa shape index (κ2) is 23.0. The van der Waals surface area contributed by atoms with Crippen LogP contribution in [0.25, 0.3) is 0 Å². The molecule has 0 aromatic rings. The van der Waals surface area contributed by atoms with Crippen LogP contribution in [0.2, 0.25) is 0 Å². The second-order valence-corrected chi connectivity index (χ2v) is 10.7. The summed E-state index contributed by atoms with van der Waals surface area (Å²) in [6.45, 7) is 16.5. The highest BCUT2D eigenvalue weighted by Crippen LogP contribution is 2.13. The van der Waals surface area contributed by atoms with Crippen LogP contribution >= 0.6 is 0 Å². The Morgan fingerprint density at radius 2 is 0.742 bits per heavy atom. The van der Waals surface area contributed by atoms with E-state index in [0.29, 0.717) is 6.42 Å². The smallest absolute Gasteiger partial charge is 0.0945 e. The van der Waals surface area contributed by atoms with Crippen LogP contribution in [0.5, 0.6) is 0 Å². The molecule has 0 spiro atoms. The zero-order chi connectivity index (χ0) is 23.8. The first kappa shape index (κ1) is 33.0. The van der Waals surface area contributed by atoms with Gasteiger partial charge in [-0.15, -0.1) is 0 Å². The lowest BCUT2D eigenvalue weighted by Crippen LogP contribution is -2.47. The third-order valence-corrected chi connectivity index (χ3v) is 7.72. The monoisotopic (exact) mass is 463 g/mol. The zero-order valence-corrected chi connectivity index (χ0v) is 22.7. The van der Waals surface area contributed by atoms with Crippen LogP contribution in [0.3, 0.4) is 0 Å². The van der Waals surface area contributed by atoms with Crippen molar-refractivity contribution in [2.75, 3.05) is 31.9 Å². The van der Waals surface area contributed by atoms with Crippen LogP contribution in [0.15, 0.2) is 0 Å². The molecule has 0 amide bonds. The van der Waals surface area contributed by atoms with Gasteiger partial charge < -0.3 is 9.04 Å². The lowest BCUT2D eigenvalue weighted by atomic mass is 10.0. The maximum absolute atomic E-state index is 10.4. The molecule has 31 heavy (non-hydrogen) atoms. The maximum Gasteiger partial charge on any atom is 0.0945 e. The van der Waals surface area contributed by atoms with Crippen molar-refractivity contribution < 1.29 is 17.5 Å². The summed E-state index contributed by atoms with van der Waals surface area (Å²) in [6, 6.07) is 0. The predicted octanol–water partition coefficient (Wildman–Crippen LogP) is 7.68. The van der Waals surface area contributed by atoms with Gasteiger partial charge in [0.05, 0.1) is 36.3 Å². The van der Waals surface area contributed by atoms with Crippen molar-refractivity contribution in [1.29, 1.82) is 0 Å². The van der Waals surface area contributed by atoms with E-state index in [9.17, 15) is 13.0 Å². The van der Waals surface area contributed by atoms with Crippen LogP contribution in [0.4, 0.5) is 0 Å². The summed E-state index contributed by atoms with van der Waals surface area (Å²) < 4.78 is 32.5. The van der Waals surface area contributed by atoms with Crippen LogP contribution in [-0.2, 0) is 10.1 Å². The summed E-state index contributed by atoms with van der Waals surface area (Å²) in [5, 5.41) is 0. The van der Waals surface area contributed by atoms with Gasteiger partial charge >= 0.3 is 0 Å². The minimum absolute atomic E-state index is 0.189. The summed E-state index contributed by atoms with van der Waals surface area (Å²) in [6.07, 6.45) is 20.1. The lowest BCUT2D eigenvalue weighted by Gasteiger charge is -2.34. The molecule has 0 aromatic heterocycles. The first-order chi connectivity index (χ1) is 14.8. The molecule has 4 nitrogen and oxygen atoms in total. The normalized spacial score (nSPS) is 11.9. The molecular formula is C26H57NO3S. The summed E-state index contributed by atoms with van der Waals surface area (Å²) in [7, 11) is -3.99. The molecule has 0 rings (SSSR count). The fourth-order valence-electron chi connectivity index (χ4n) is 4.17. The molecule has 0 saturated heterocycles. The van der Waals surface area contributed by atoms with Gasteiger partial charge in [-0.3, -0.25) is 0 Å². The van der Waals surface area contributed by atoms with Gasteiger partial charge in [-0.2, -0.15) is 0 Å². The number of nitrogens with zero attached hydrogens (tertiary/aromatic N) is 1. The fraction of sp³-hybridized carbons (Fsp3) is 1.00. The molecule has 0 fully saturated rings. The quantitative estimate of drug-likeness (QED) is 0.0996. The van der Waals surface area contributed by atoms with Crippen LogP contribution < -0.4 is 0 Å². The number of hydrogen-bond acceptors (Lipinski definition) is 3. The summed E-state index contributed by atoms with van der Waals surface area (Å²) >= 11 is 0. The van der Waals surface area contributed by atoms with Crippen molar-refractivity contribution in [3.8, 4) is 0 Å². The Morgan fingerprint density at radius 1 is 0.484 bits per heavy atom. The Labute approximate surface area is 196 Å². The first-order valence-electron chi connectivity index (χ1n) is 13.6. The van der Waals surface area contributed by atoms with Gasteiger partial charge in [0.25, 0.3) is 0 Å². The van der Waals surface area contributed by atoms with E-state index in [-0.39, 0.29) is 5.75 Å². The summed E-state index contributed by atoms with van der Waals surface area (Å²) in [5.74, 6) is -0.189. The number of unbranched alkanes of at least 4 members (excludes halogenated alkanes) is 15. The van der Waals surface area contributed by atoms with Crippen LogP contribution in [0.1, 0.15) is 137 Å². The molecule has 0 aliphatic carbocycles. The molecular weight excluding hydrogens is 406 g/mol. The van der Waals surface area contributed by atoms with Crippen molar-refractivity contribution in [2.45, 2.75) is 137 Å². The maximum atomic E-state index is 10.4. The molecule has 0 aliphatic rings. The molecule has 0 N–H and O–H groups in total. The fourth-order valence-corrected chi connectivity index (χ4v) is 4.73. The van der Waals surface area contributed by atoms with E-state index in [0.717, 1.165) is 12.8 Å². The van der Waals surface area contributed by atoms with Gasteiger partial charge in [0.1, 0.15) is 0 Å². The Morgan fingerprint density at radius 3 is 0.935 bits per heavy atom. The average Bonchev–Trinajstić information content (AvgIpc) is 2.75. The van der Waals surface area contributed by atoms with E-state index < -0.39 is 10.1 Å². The molecule has 0 atom stereocenters. The first-order valence-corrected chi connectivity index (χ1v) is 15.2. The lowest BCUT2D eigenvalue weighted by molar-refractivity contribution is -0.921. The Bertz CT molecular complexity index is 430. The van der Waals surface area contributed by atoms with Crippen molar-refractivity contribution in [2.24, 2.45) is 0 Å². The molecule has 0 saturated carbocycles. The minimum Gasteiger partial charge on any atom is -0.748 e.